The van der Waals surface area contributed by atoms with E-state index in [-0.39, 0.29) is 0 Å². The van der Waals surface area contributed by atoms with Crippen LogP contribution in [0.4, 0.5) is 11.6 Å². The summed E-state index contributed by atoms with van der Waals surface area (Å²) in [7, 11) is 0. The average molecular weight is 292 g/mol. The lowest BCUT2D eigenvalue weighted by molar-refractivity contribution is 0.832. The van der Waals surface area contributed by atoms with E-state index >= 15 is 0 Å². The van der Waals surface area contributed by atoms with Gasteiger partial charge in [0.1, 0.15) is 0 Å². The summed E-state index contributed by atoms with van der Waals surface area (Å²) in [4.78, 5) is 4.45. The predicted octanol–water partition coefficient (Wildman–Crippen LogP) is 3.88. The third kappa shape index (κ3) is 2.77. The first kappa shape index (κ1) is 11.9. The molecule has 4 heteroatoms. The number of rotatable bonds is 4. The summed E-state index contributed by atoms with van der Waals surface area (Å²) >= 11 is 3.50. The molecule has 2 rings (SSSR count). The Morgan fingerprint density at radius 3 is 2.94 bits per heavy atom. The molecule has 0 spiro atoms. The second-order valence-corrected chi connectivity index (χ2v) is 4.61. The second-order valence-electron chi connectivity index (χ2n) is 3.75. The second kappa shape index (κ2) is 5.19. The Balaban J connectivity index is 2.29. The van der Waals surface area contributed by atoms with Gasteiger partial charge in [-0.05, 0) is 35.0 Å². The lowest BCUT2D eigenvalue weighted by Gasteiger charge is -2.09. The normalized spacial score (nSPS) is 10.2. The van der Waals surface area contributed by atoms with Crippen LogP contribution in [0.2, 0.25) is 0 Å². The molecule has 0 aliphatic rings. The fraction of sp³-hybridized carbons (Fsp3) is 0.154. The maximum atomic E-state index is 4.45. The van der Waals surface area contributed by atoms with Gasteiger partial charge in [-0.3, -0.25) is 0 Å². The summed E-state index contributed by atoms with van der Waals surface area (Å²) in [5.41, 5.74) is 1.99. The van der Waals surface area contributed by atoms with E-state index < -0.39 is 0 Å². The number of allylic oxidation sites excluding steroid dienone is 1. The monoisotopic (exact) mass is 291 g/mol. The van der Waals surface area contributed by atoms with Crippen molar-refractivity contribution < 1.29 is 0 Å². The Hall–Kier alpha value is -1.55. The van der Waals surface area contributed by atoms with Crippen molar-refractivity contribution in [2.45, 2.75) is 13.5 Å². The maximum Gasteiger partial charge on any atom is 0.207 e. The number of nitrogens with one attached hydrogen (secondary N) is 1. The Bertz CT molecular complexity index is 531. The van der Waals surface area contributed by atoms with Crippen molar-refractivity contribution in [3.05, 3.63) is 53.3 Å². The SMILES string of the molecule is C=CCn1cc(C)nc1Nc1ccccc1Br. The quantitative estimate of drug-likeness (QED) is 0.867. The van der Waals surface area contributed by atoms with Gasteiger partial charge in [-0.2, -0.15) is 0 Å². The standard InChI is InChI=1S/C13H14BrN3/c1-3-8-17-9-10(2)15-13(17)16-12-7-5-4-6-11(12)14/h3-7,9H,1,8H2,2H3,(H,15,16). The predicted molar refractivity (Wildman–Crippen MR) is 74.6 cm³/mol. The molecule has 3 nitrogen and oxygen atoms in total. The summed E-state index contributed by atoms with van der Waals surface area (Å²) in [6, 6.07) is 7.97. The number of para-hydroxylation sites is 1. The molecule has 1 aromatic heterocycles. The molecule has 2 aromatic rings. The van der Waals surface area contributed by atoms with Gasteiger partial charge in [0.15, 0.2) is 0 Å². The lowest BCUT2D eigenvalue weighted by atomic mass is 10.3. The fourth-order valence-corrected chi connectivity index (χ4v) is 1.99. The van der Waals surface area contributed by atoms with Crippen molar-refractivity contribution in [1.29, 1.82) is 0 Å². The molecule has 1 aromatic carbocycles. The van der Waals surface area contributed by atoms with Crippen molar-refractivity contribution in [3.63, 3.8) is 0 Å². The molecular formula is C13H14BrN3. The first-order valence-corrected chi connectivity index (χ1v) is 6.16. The van der Waals surface area contributed by atoms with Gasteiger partial charge >= 0.3 is 0 Å². The van der Waals surface area contributed by atoms with Crippen LogP contribution >= 0.6 is 15.9 Å². The Labute approximate surface area is 109 Å². The first-order valence-electron chi connectivity index (χ1n) is 5.37. The Kier molecular flexibility index (Phi) is 3.64. The van der Waals surface area contributed by atoms with E-state index in [2.05, 4.69) is 32.8 Å². The van der Waals surface area contributed by atoms with Gasteiger partial charge < -0.3 is 9.88 Å². The molecule has 0 radical (unpaired) electrons. The number of hydrogen-bond donors (Lipinski definition) is 1. The van der Waals surface area contributed by atoms with E-state index in [1.54, 1.807) is 0 Å². The highest BCUT2D eigenvalue weighted by Gasteiger charge is 2.06. The summed E-state index contributed by atoms with van der Waals surface area (Å²) < 4.78 is 3.05. The number of anilines is 2. The minimum atomic E-state index is 0.744. The Morgan fingerprint density at radius 2 is 2.24 bits per heavy atom. The van der Waals surface area contributed by atoms with Crippen molar-refractivity contribution in [3.8, 4) is 0 Å². The highest BCUT2D eigenvalue weighted by atomic mass is 79.9. The molecule has 0 atom stereocenters. The minimum Gasteiger partial charge on any atom is -0.325 e. The molecule has 0 fully saturated rings. The van der Waals surface area contributed by atoms with Crippen LogP contribution in [-0.2, 0) is 6.54 Å². The minimum absolute atomic E-state index is 0.744. The van der Waals surface area contributed by atoms with Crippen LogP contribution in [0.3, 0.4) is 0 Å². The molecule has 1 N–H and O–H groups in total. The number of aryl methyl sites for hydroxylation is 1. The fourth-order valence-electron chi connectivity index (χ4n) is 1.61. The molecule has 0 aliphatic carbocycles. The summed E-state index contributed by atoms with van der Waals surface area (Å²) in [6.45, 7) is 6.47. The molecule has 0 saturated heterocycles. The molecule has 88 valence electrons. The molecule has 0 aliphatic heterocycles. The van der Waals surface area contributed by atoms with Gasteiger partial charge in [-0.1, -0.05) is 18.2 Å². The molecule has 0 amide bonds. The van der Waals surface area contributed by atoms with Gasteiger partial charge in [0.25, 0.3) is 0 Å². The number of benzene rings is 1. The maximum absolute atomic E-state index is 4.45. The van der Waals surface area contributed by atoms with E-state index in [0.717, 1.165) is 28.3 Å². The molecule has 0 saturated carbocycles. The lowest BCUT2D eigenvalue weighted by Crippen LogP contribution is -2.02. The van der Waals surface area contributed by atoms with Gasteiger partial charge in [0.2, 0.25) is 5.95 Å². The third-order valence-electron chi connectivity index (χ3n) is 2.34. The van der Waals surface area contributed by atoms with Gasteiger partial charge in [-0.25, -0.2) is 4.98 Å². The van der Waals surface area contributed by atoms with Crippen LogP contribution in [0.15, 0.2) is 47.6 Å². The smallest absolute Gasteiger partial charge is 0.207 e. The molecule has 1 heterocycles. The van der Waals surface area contributed by atoms with Crippen LogP contribution in [0, 0.1) is 6.92 Å². The van der Waals surface area contributed by atoms with Crippen LogP contribution in [0.25, 0.3) is 0 Å². The van der Waals surface area contributed by atoms with Crippen molar-refractivity contribution in [1.82, 2.24) is 9.55 Å². The van der Waals surface area contributed by atoms with E-state index in [9.17, 15) is 0 Å². The topological polar surface area (TPSA) is 29.9 Å². The number of imidazole rings is 1. The van der Waals surface area contributed by atoms with Crippen molar-refractivity contribution in [2.75, 3.05) is 5.32 Å². The summed E-state index contributed by atoms with van der Waals surface area (Å²) in [5, 5.41) is 3.30. The molecule has 0 unspecified atom stereocenters. The Morgan fingerprint density at radius 1 is 1.47 bits per heavy atom. The van der Waals surface area contributed by atoms with E-state index in [1.807, 2.05) is 48.0 Å². The zero-order valence-electron chi connectivity index (χ0n) is 9.65. The summed E-state index contributed by atoms with van der Waals surface area (Å²) in [6.07, 6.45) is 3.85. The van der Waals surface area contributed by atoms with Crippen LogP contribution in [-0.4, -0.2) is 9.55 Å². The zero-order chi connectivity index (χ0) is 12.3. The van der Waals surface area contributed by atoms with Crippen molar-refractivity contribution in [2.24, 2.45) is 0 Å². The number of hydrogen-bond acceptors (Lipinski definition) is 2. The highest BCUT2D eigenvalue weighted by molar-refractivity contribution is 9.10. The van der Waals surface area contributed by atoms with Crippen LogP contribution in [0.1, 0.15) is 5.69 Å². The van der Waals surface area contributed by atoms with E-state index in [0.29, 0.717) is 0 Å². The highest BCUT2D eigenvalue weighted by Crippen LogP contribution is 2.24. The summed E-state index contributed by atoms with van der Waals surface area (Å²) in [5.74, 6) is 0.828. The molecular weight excluding hydrogens is 278 g/mol. The van der Waals surface area contributed by atoms with Gasteiger partial charge in [0.05, 0.1) is 11.4 Å². The van der Waals surface area contributed by atoms with Crippen molar-refractivity contribution >= 4 is 27.6 Å². The number of halogens is 1. The average Bonchev–Trinajstić information content (AvgIpc) is 2.63. The van der Waals surface area contributed by atoms with Gasteiger partial charge in [0, 0.05) is 17.2 Å². The molecule has 0 bridgehead atoms. The molecule has 17 heavy (non-hydrogen) atoms. The first-order chi connectivity index (χ1) is 8.20. The number of aromatic nitrogens is 2. The van der Waals surface area contributed by atoms with Gasteiger partial charge in [-0.15, -0.1) is 6.58 Å². The third-order valence-corrected chi connectivity index (χ3v) is 3.03. The largest absolute Gasteiger partial charge is 0.325 e. The zero-order valence-corrected chi connectivity index (χ0v) is 11.2. The van der Waals surface area contributed by atoms with E-state index in [1.165, 1.54) is 0 Å². The van der Waals surface area contributed by atoms with E-state index in [4.69, 9.17) is 0 Å². The number of nitrogens with zero attached hydrogens (tertiary/aromatic N) is 2. The van der Waals surface area contributed by atoms with Crippen LogP contribution < -0.4 is 5.32 Å². The van der Waals surface area contributed by atoms with Crippen LogP contribution in [0.5, 0.6) is 0 Å².